The lowest BCUT2D eigenvalue weighted by Gasteiger charge is -2.30. The maximum atomic E-state index is 13.8. The molecule has 1 saturated heterocycles. The molecule has 26 heavy (non-hydrogen) atoms. The summed E-state index contributed by atoms with van der Waals surface area (Å²) in [6.07, 6.45) is 0. The molecule has 0 atom stereocenters. The molecule has 1 fully saturated rings. The van der Waals surface area contributed by atoms with E-state index in [0.717, 1.165) is 10.5 Å². The van der Waals surface area contributed by atoms with Gasteiger partial charge in [-0.3, -0.25) is 4.79 Å². The van der Waals surface area contributed by atoms with Crippen molar-refractivity contribution in [2.45, 2.75) is 11.1 Å². The van der Waals surface area contributed by atoms with E-state index >= 15 is 0 Å². The van der Waals surface area contributed by atoms with Crippen molar-refractivity contribution in [1.82, 2.24) is 4.31 Å². The molecule has 9 heteroatoms. The Morgan fingerprint density at radius 1 is 1.31 bits per heavy atom. The Labute approximate surface area is 156 Å². The van der Waals surface area contributed by atoms with Gasteiger partial charge >= 0.3 is 0 Å². The second-order valence-electron chi connectivity index (χ2n) is 6.29. The molecule has 2 aromatic rings. The van der Waals surface area contributed by atoms with E-state index in [2.05, 4.69) is 5.32 Å². The van der Waals surface area contributed by atoms with E-state index in [1.54, 1.807) is 36.6 Å². The SMILES string of the molecule is Cc1ccc(NC(=O)C[NH+]2CCN(S(=O)(=O)c3cccs3)CC2)c(F)c1. The number of benzene rings is 1. The van der Waals surface area contributed by atoms with E-state index in [1.165, 1.54) is 21.7 Å². The summed E-state index contributed by atoms with van der Waals surface area (Å²) in [6.45, 7) is 3.76. The van der Waals surface area contributed by atoms with Crippen LogP contribution in [0.4, 0.5) is 10.1 Å². The van der Waals surface area contributed by atoms with Crippen molar-refractivity contribution in [1.29, 1.82) is 0 Å². The maximum absolute atomic E-state index is 13.8. The van der Waals surface area contributed by atoms with Crippen LogP contribution in [-0.4, -0.2) is 51.4 Å². The molecule has 3 rings (SSSR count). The van der Waals surface area contributed by atoms with Crippen LogP contribution in [0, 0.1) is 12.7 Å². The molecular weight excluding hydrogens is 377 g/mol. The lowest BCUT2D eigenvalue weighted by atomic mass is 10.2. The Bertz CT molecular complexity index is 877. The molecule has 2 N–H and O–H groups in total. The van der Waals surface area contributed by atoms with Gasteiger partial charge in [-0.05, 0) is 36.1 Å². The molecular formula is C17H21FN3O3S2+. The molecule has 1 amide bonds. The van der Waals surface area contributed by atoms with Crippen molar-refractivity contribution < 1.29 is 22.5 Å². The third kappa shape index (κ3) is 4.29. The molecule has 1 aromatic carbocycles. The Balaban J connectivity index is 1.53. The van der Waals surface area contributed by atoms with Gasteiger partial charge in [0.05, 0.1) is 31.9 Å². The second-order valence-corrected chi connectivity index (χ2v) is 9.41. The molecule has 2 heterocycles. The van der Waals surface area contributed by atoms with Crippen LogP contribution in [0.15, 0.2) is 39.9 Å². The number of anilines is 1. The first-order valence-electron chi connectivity index (χ1n) is 8.29. The lowest BCUT2D eigenvalue weighted by Crippen LogP contribution is -3.15. The number of carbonyl (C=O) groups excluding carboxylic acids is 1. The van der Waals surface area contributed by atoms with Crippen molar-refractivity contribution in [3.05, 3.63) is 47.1 Å². The van der Waals surface area contributed by atoms with Crippen LogP contribution in [0.1, 0.15) is 5.56 Å². The summed E-state index contributed by atoms with van der Waals surface area (Å²) in [6, 6.07) is 7.97. The number of quaternary nitrogens is 1. The summed E-state index contributed by atoms with van der Waals surface area (Å²) < 4.78 is 40.6. The highest BCUT2D eigenvalue weighted by atomic mass is 32.2. The summed E-state index contributed by atoms with van der Waals surface area (Å²) in [5.41, 5.74) is 0.952. The molecule has 1 aliphatic heterocycles. The minimum absolute atomic E-state index is 0.166. The van der Waals surface area contributed by atoms with Crippen LogP contribution in [0.25, 0.3) is 0 Å². The van der Waals surface area contributed by atoms with Gasteiger partial charge in [-0.25, -0.2) is 12.8 Å². The minimum atomic E-state index is -3.44. The third-order valence-corrected chi connectivity index (χ3v) is 7.60. The van der Waals surface area contributed by atoms with Gasteiger partial charge in [-0.2, -0.15) is 4.31 Å². The number of sulfonamides is 1. The fraction of sp³-hybridized carbons (Fsp3) is 0.353. The molecule has 140 valence electrons. The van der Waals surface area contributed by atoms with E-state index in [4.69, 9.17) is 0 Å². The standard InChI is InChI=1S/C17H20FN3O3S2/c1-13-4-5-15(14(18)11-13)19-16(22)12-20-6-8-21(9-7-20)26(23,24)17-3-2-10-25-17/h2-5,10-11H,6-9,12H2,1H3,(H,19,22)/p+1. The minimum Gasteiger partial charge on any atom is -0.325 e. The Morgan fingerprint density at radius 3 is 2.65 bits per heavy atom. The smallest absolute Gasteiger partial charge is 0.279 e. The summed E-state index contributed by atoms with van der Waals surface area (Å²) in [4.78, 5) is 13.1. The fourth-order valence-electron chi connectivity index (χ4n) is 2.90. The van der Waals surface area contributed by atoms with Crippen molar-refractivity contribution >= 4 is 33.0 Å². The van der Waals surface area contributed by atoms with Gasteiger partial charge in [0, 0.05) is 0 Å². The average Bonchev–Trinajstić information content (AvgIpc) is 3.13. The Morgan fingerprint density at radius 2 is 2.04 bits per heavy atom. The van der Waals surface area contributed by atoms with Gasteiger partial charge in [0.25, 0.3) is 15.9 Å². The number of nitrogens with one attached hydrogen (secondary N) is 2. The molecule has 0 bridgehead atoms. The summed E-state index contributed by atoms with van der Waals surface area (Å²) in [5.74, 6) is -0.738. The predicted molar refractivity (Wildman–Crippen MR) is 98.4 cm³/mol. The molecule has 0 spiro atoms. The molecule has 1 aromatic heterocycles. The zero-order chi connectivity index (χ0) is 18.7. The largest absolute Gasteiger partial charge is 0.325 e. The zero-order valence-electron chi connectivity index (χ0n) is 14.4. The van der Waals surface area contributed by atoms with Crippen molar-refractivity contribution in [3.63, 3.8) is 0 Å². The van der Waals surface area contributed by atoms with E-state index in [0.29, 0.717) is 30.4 Å². The first-order valence-corrected chi connectivity index (χ1v) is 10.6. The van der Waals surface area contributed by atoms with Crippen molar-refractivity contribution in [2.24, 2.45) is 0 Å². The summed E-state index contributed by atoms with van der Waals surface area (Å²) in [5, 5.41) is 4.32. The first-order chi connectivity index (χ1) is 12.4. The second kappa shape index (κ2) is 7.83. The quantitative estimate of drug-likeness (QED) is 0.780. The Hall–Kier alpha value is -1.81. The highest BCUT2D eigenvalue weighted by molar-refractivity contribution is 7.91. The predicted octanol–water partition coefficient (Wildman–Crippen LogP) is 0.724. The molecule has 0 saturated carbocycles. The van der Waals surface area contributed by atoms with E-state index in [1.807, 2.05) is 0 Å². The van der Waals surface area contributed by atoms with Crippen LogP contribution in [0.5, 0.6) is 0 Å². The van der Waals surface area contributed by atoms with E-state index in [-0.39, 0.29) is 18.1 Å². The molecule has 0 unspecified atom stereocenters. The van der Waals surface area contributed by atoms with Crippen molar-refractivity contribution in [2.75, 3.05) is 38.0 Å². The number of hydrogen-bond acceptors (Lipinski definition) is 4. The normalized spacial score (nSPS) is 16.5. The first kappa shape index (κ1) is 19.0. The third-order valence-electron chi connectivity index (χ3n) is 4.33. The van der Waals surface area contributed by atoms with Crippen LogP contribution in [-0.2, 0) is 14.8 Å². The van der Waals surface area contributed by atoms with E-state index < -0.39 is 15.8 Å². The fourth-order valence-corrected chi connectivity index (χ4v) is 5.49. The van der Waals surface area contributed by atoms with Crippen LogP contribution < -0.4 is 10.2 Å². The van der Waals surface area contributed by atoms with Gasteiger partial charge < -0.3 is 10.2 Å². The van der Waals surface area contributed by atoms with Gasteiger partial charge in [0.2, 0.25) is 0 Å². The van der Waals surface area contributed by atoms with Crippen LogP contribution in [0.2, 0.25) is 0 Å². The number of aryl methyl sites for hydroxylation is 1. The maximum Gasteiger partial charge on any atom is 0.279 e. The van der Waals surface area contributed by atoms with Gasteiger partial charge in [0.15, 0.2) is 6.54 Å². The number of rotatable bonds is 5. The van der Waals surface area contributed by atoms with Crippen molar-refractivity contribution in [3.8, 4) is 0 Å². The monoisotopic (exact) mass is 398 g/mol. The van der Waals surface area contributed by atoms with Gasteiger partial charge in [-0.15, -0.1) is 11.3 Å². The van der Waals surface area contributed by atoms with Crippen LogP contribution in [0.3, 0.4) is 0 Å². The molecule has 0 aliphatic carbocycles. The number of piperazine rings is 1. The van der Waals surface area contributed by atoms with Crippen LogP contribution >= 0.6 is 11.3 Å². The number of thiophene rings is 1. The number of amides is 1. The van der Waals surface area contributed by atoms with Gasteiger partial charge in [-0.1, -0.05) is 12.1 Å². The lowest BCUT2D eigenvalue weighted by molar-refractivity contribution is -0.895. The summed E-state index contributed by atoms with van der Waals surface area (Å²) >= 11 is 1.20. The molecule has 6 nitrogen and oxygen atoms in total. The number of halogens is 1. The number of hydrogen-bond donors (Lipinski definition) is 2. The molecule has 0 radical (unpaired) electrons. The Kier molecular flexibility index (Phi) is 5.71. The van der Waals surface area contributed by atoms with Gasteiger partial charge in [0.1, 0.15) is 10.0 Å². The number of nitrogens with zero attached hydrogens (tertiary/aromatic N) is 1. The highest BCUT2D eigenvalue weighted by Gasteiger charge is 2.31. The highest BCUT2D eigenvalue weighted by Crippen LogP contribution is 2.20. The summed E-state index contributed by atoms with van der Waals surface area (Å²) in [7, 11) is -3.44. The number of carbonyl (C=O) groups is 1. The van der Waals surface area contributed by atoms with E-state index in [9.17, 15) is 17.6 Å². The zero-order valence-corrected chi connectivity index (χ0v) is 16.0. The topological polar surface area (TPSA) is 70.9 Å². The molecule has 1 aliphatic rings. The average molecular weight is 399 g/mol.